The largest absolute Gasteiger partial charge is 0.295 e. The van der Waals surface area contributed by atoms with Gasteiger partial charge in [-0.3, -0.25) is 24.8 Å². The summed E-state index contributed by atoms with van der Waals surface area (Å²) in [4.78, 5) is 35.3. The van der Waals surface area contributed by atoms with Gasteiger partial charge in [0.05, 0.1) is 21.9 Å². The Bertz CT molecular complexity index is 1220. The zero-order valence-electron chi connectivity index (χ0n) is 17.0. The summed E-state index contributed by atoms with van der Waals surface area (Å²) in [6.45, 7) is 7.35. The first-order valence-corrected chi connectivity index (χ1v) is 9.17. The second-order valence-corrected chi connectivity index (χ2v) is 6.96. The Morgan fingerprint density at radius 3 is 2.37 bits per heavy atom. The van der Waals surface area contributed by atoms with Crippen LogP contribution in [0.1, 0.15) is 39.7 Å². The molecule has 9 heteroatoms. The molecule has 9 nitrogen and oxygen atoms in total. The number of hydrazone groups is 1. The minimum Gasteiger partial charge on any atom is -0.295 e. The van der Waals surface area contributed by atoms with E-state index in [0.29, 0.717) is 22.7 Å². The predicted molar refractivity (Wildman–Crippen MR) is 113 cm³/mol. The van der Waals surface area contributed by atoms with Crippen molar-refractivity contribution >= 4 is 17.3 Å². The number of hydrogen-bond acceptors (Lipinski definition) is 5. The Balaban J connectivity index is 1.85. The standard InChI is InChI=1S/C21H21N5O4/c1-12-5-8-18(11-13(12)2)25-21(28)19(15(4)24-25)14(3)22-23-20(27)16-6-9-17(10-7-16)26(29)30/h5-11,24H,1-4H3,(H,23,27). The van der Waals surface area contributed by atoms with E-state index in [1.165, 1.54) is 28.9 Å². The summed E-state index contributed by atoms with van der Waals surface area (Å²) in [7, 11) is 0. The van der Waals surface area contributed by atoms with Crippen LogP contribution in [0.3, 0.4) is 0 Å². The van der Waals surface area contributed by atoms with Crippen LogP contribution in [0.4, 0.5) is 5.69 Å². The summed E-state index contributed by atoms with van der Waals surface area (Å²) in [5, 5.41) is 17.8. The lowest BCUT2D eigenvalue weighted by Gasteiger charge is -2.05. The maximum Gasteiger partial charge on any atom is 0.280 e. The van der Waals surface area contributed by atoms with Gasteiger partial charge in [-0.05, 0) is 63.1 Å². The van der Waals surface area contributed by atoms with Gasteiger partial charge in [0.2, 0.25) is 0 Å². The van der Waals surface area contributed by atoms with E-state index in [4.69, 9.17) is 0 Å². The number of nitrogens with zero attached hydrogens (tertiary/aromatic N) is 3. The van der Waals surface area contributed by atoms with E-state index in [2.05, 4.69) is 15.6 Å². The third-order valence-corrected chi connectivity index (χ3v) is 4.85. The van der Waals surface area contributed by atoms with Gasteiger partial charge in [0.25, 0.3) is 17.2 Å². The van der Waals surface area contributed by atoms with E-state index >= 15 is 0 Å². The molecular formula is C21H21N5O4. The fourth-order valence-corrected chi connectivity index (χ4v) is 3.01. The van der Waals surface area contributed by atoms with Crippen molar-refractivity contribution < 1.29 is 9.72 Å². The summed E-state index contributed by atoms with van der Waals surface area (Å²) in [6, 6.07) is 10.9. The summed E-state index contributed by atoms with van der Waals surface area (Å²) in [5.74, 6) is -0.535. The van der Waals surface area contributed by atoms with E-state index in [1.54, 1.807) is 13.8 Å². The number of aryl methyl sites for hydroxylation is 3. The molecule has 0 atom stereocenters. The minimum atomic E-state index is -0.542. The molecule has 3 aromatic rings. The van der Waals surface area contributed by atoms with E-state index in [9.17, 15) is 19.7 Å². The zero-order valence-corrected chi connectivity index (χ0v) is 17.0. The lowest BCUT2D eigenvalue weighted by molar-refractivity contribution is -0.384. The first-order chi connectivity index (χ1) is 14.2. The predicted octanol–water partition coefficient (Wildman–Crippen LogP) is 3.15. The zero-order chi connectivity index (χ0) is 22.0. The van der Waals surface area contributed by atoms with Gasteiger partial charge in [-0.2, -0.15) is 5.10 Å². The van der Waals surface area contributed by atoms with Crippen LogP contribution in [-0.4, -0.2) is 26.3 Å². The molecule has 0 saturated heterocycles. The molecule has 0 spiro atoms. The number of nitrogens with one attached hydrogen (secondary N) is 2. The molecule has 0 fully saturated rings. The normalized spacial score (nSPS) is 11.4. The van der Waals surface area contributed by atoms with Crippen LogP contribution in [0.5, 0.6) is 0 Å². The molecule has 1 amide bonds. The number of H-pyrrole nitrogens is 1. The topological polar surface area (TPSA) is 122 Å². The average molecular weight is 407 g/mol. The molecule has 0 radical (unpaired) electrons. The molecule has 30 heavy (non-hydrogen) atoms. The molecule has 0 aliphatic carbocycles. The summed E-state index contributed by atoms with van der Waals surface area (Å²) in [5.41, 5.74) is 6.43. The highest BCUT2D eigenvalue weighted by Gasteiger charge is 2.16. The van der Waals surface area contributed by atoms with Crippen LogP contribution in [0, 0.1) is 30.9 Å². The number of hydrogen-bond donors (Lipinski definition) is 2. The summed E-state index contributed by atoms with van der Waals surface area (Å²) in [6.07, 6.45) is 0. The molecule has 0 aliphatic heterocycles. The highest BCUT2D eigenvalue weighted by molar-refractivity contribution is 6.01. The lowest BCUT2D eigenvalue weighted by atomic mass is 10.1. The quantitative estimate of drug-likeness (QED) is 0.383. The first kappa shape index (κ1) is 20.7. The third kappa shape index (κ3) is 4.04. The average Bonchev–Trinajstić information content (AvgIpc) is 3.02. The number of aromatic nitrogens is 2. The van der Waals surface area contributed by atoms with Crippen LogP contribution < -0.4 is 11.0 Å². The van der Waals surface area contributed by atoms with Crippen LogP contribution in [0.25, 0.3) is 5.69 Å². The van der Waals surface area contributed by atoms with Crippen molar-refractivity contribution in [2.24, 2.45) is 5.10 Å². The molecular weight excluding hydrogens is 386 g/mol. The molecule has 154 valence electrons. The van der Waals surface area contributed by atoms with Crippen molar-refractivity contribution in [3.05, 3.63) is 90.9 Å². The Labute approximate surface area is 172 Å². The maximum absolute atomic E-state index is 12.9. The maximum atomic E-state index is 12.9. The number of nitro groups is 1. The van der Waals surface area contributed by atoms with Crippen LogP contribution >= 0.6 is 0 Å². The molecule has 0 saturated carbocycles. The Hall–Kier alpha value is -4.01. The fourth-order valence-electron chi connectivity index (χ4n) is 3.01. The third-order valence-electron chi connectivity index (χ3n) is 4.85. The molecule has 0 bridgehead atoms. The van der Waals surface area contributed by atoms with Crippen molar-refractivity contribution in [2.75, 3.05) is 0 Å². The van der Waals surface area contributed by atoms with Gasteiger partial charge < -0.3 is 0 Å². The van der Waals surface area contributed by atoms with Gasteiger partial charge in [-0.25, -0.2) is 10.1 Å². The van der Waals surface area contributed by atoms with Gasteiger partial charge in [-0.1, -0.05) is 6.07 Å². The van der Waals surface area contributed by atoms with Crippen LogP contribution in [-0.2, 0) is 0 Å². The van der Waals surface area contributed by atoms with Gasteiger partial charge in [0.15, 0.2) is 0 Å². The monoisotopic (exact) mass is 407 g/mol. The van der Waals surface area contributed by atoms with Crippen molar-refractivity contribution in [1.29, 1.82) is 0 Å². The molecule has 0 unspecified atom stereocenters. The van der Waals surface area contributed by atoms with Crippen LogP contribution in [0.15, 0.2) is 52.4 Å². The Kier molecular flexibility index (Phi) is 5.63. The minimum absolute atomic E-state index is 0.110. The summed E-state index contributed by atoms with van der Waals surface area (Å²) < 4.78 is 1.44. The van der Waals surface area contributed by atoms with E-state index < -0.39 is 10.8 Å². The molecule has 2 N–H and O–H groups in total. The molecule has 2 aromatic carbocycles. The smallest absolute Gasteiger partial charge is 0.280 e. The van der Waals surface area contributed by atoms with Crippen molar-refractivity contribution in [1.82, 2.24) is 15.2 Å². The van der Waals surface area contributed by atoms with E-state index in [1.807, 2.05) is 32.0 Å². The first-order valence-electron chi connectivity index (χ1n) is 9.17. The molecule has 1 heterocycles. The van der Waals surface area contributed by atoms with Gasteiger partial charge in [-0.15, -0.1) is 0 Å². The Morgan fingerprint density at radius 1 is 1.10 bits per heavy atom. The number of aromatic amines is 1. The Morgan fingerprint density at radius 2 is 1.77 bits per heavy atom. The second kappa shape index (κ2) is 8.16. The number of non-ortho nitro benzene ring substituents is 1. The highest BCUT2D eigenvalue weighted by Crippen LogP contribution is 2.14. The molecule has 3 rings (SSSR count). The number of benzene rings is 2. The number of amides is 1. The number of nitro benzene ring substituents is 1. The van der Waals surface area contributed by atoms with Crippen molar-refractivity contribution in [3.63, 3.8) is 0 Å². The lowest BCUT2D eigenvalue weighted by Crippen LogP contribution is -2.23. The van der Waals surface area contributed by atoms with Crippen molar-refractivity contribution in [3.8, 4) is 5.69 Å². The highest BCUT2D eigenvalue weighted by atomic mass is 16.6. The van der Waals surface area contributed by atoms with Gasteiger partial charge >= 0.3 is 0 Å². The number of rotatable bonds is 5. The van der Waals surface area contributed by atoms with Crippen molar-refractivity contribution in [2.45, 2.75) is 27.7 Å². The molecule has 0 aliphatic rings. The van der Waals surface area contributed by atoms with Crippen LogP contribution in [0.2, 0.25) is 0 Å². The second-order valence-electron chi connectivity index (χ2n) is 6.96. The summed E-state index contributed by atoms with van der Waals surface area (Å²) >= 11 is 0. The van der Waals surface area contributed by atoms with Gasteiger partial charge in [0.1, 0.15) is 0 Å². The number of carbonyl (C=O) groups is 1. The van der Waals surface area contributed by atoms with E-state index in [0.717, 1.165) is 11.1 Å². The van der Waals surface area contributed by atoms with E-state index in [-0.39, 0.29) is 16.8 Å². The molecule has 1 aromatic heterocycles. The van der Waals surface area contributed by atoms with Gasteiger partial charge in [0, 0.05) is 23.4 Å². The fraction of sp³-hybridized carbons (Fsp3) is 0.190. The SMILES string of the molecule is CC(=NNC(=O)c1ccc([N+](=O)[O-])cc1)c1c(C)[nH]n(-c2ccc(C)c(C)c2)c1=O. The number of carbonyl (C=O) groups excluding carboxylic acids is 1.